The quantitative estimate of drug-likeness (QED) is 0.529. The molecule has 0 saturated heterocycles. The van der Waals surface area contributed by atoms with E-state index in [4.69, 9.17) is 9.84 Å². The number of aromatic nitrogens is 6. The summed E-state index contributed by atoms with van der Waals surface area (Å²) in [6.45, 7) is 0.851. The largest absolute Gasteiger partial charge is 0.476 e. The monoisotopic (exact) mass is 345 g/mol. The lowest BCUT2D eigenvalue weighted by atomic mass is 10.2. The molecule has 0 aliphatic rings. The molecule has 0 bridgehead atoms. The third-order valence-electron chi connectivity index (χ3n) is 3.30. The molecule has 1 aromatic carbocycles. The van der Waals surface area contributed by atoms with Gasteiger partial charge in [-0.05, 0) is 32.7 Å². The molecular weight excluding hydrogens is 330 g/mol. The lowest BCUT2D eigenvalue weighted by Gasteiger charge is -2.06. The number of ether oxygens (including phenoxy) is 1. The van der Waals surface area contributed by atoms with Crippen LogP contribution in [0.25, 0.3) is 0 Å². The Morgan fingerprint density at radius 3 is 2.92 bits per heavy atom. The first-order valence-corrected chi connectivity index (χ1v) is 7.40. The Kier molecular flexibility index (Phi) is 5.26. The van der Waals surface area contributed by atoms with Gasteiger partial charge in [0.05, 0.1) is 6.61 Å². The van der Waals surface area contributed by atoms with Gasteiger partial charge < -0.3 is 15.2 Å². The molecule has 0 unspecified atom stereocenters. The van der Waals surface area contributed by atoms with Crippen molar-refractivity contribution >= 4 is 11.8 Å². The molecule has 2 aromatic heterocycles. The summed E-state index contributed by atoms with van der Waals surface area (Å²) in [6.07, 6.45) is 0.785. The molecule has 0 atom stereocenters. The summed E-state index contributed by atoms with van der Waals surface area (Å²) in [7, 11) is 0. The van der Waals surface area contributed by atoms with Crippen molar-refractivity contribution in [2.45, 2.75) is 19.7 Å². The molecule has 25 heavy (non-hydrogen) atoms. The van der Waals surface area contributed by atoms with Crippen molar-refractivity contribution in [3.63, 3.8) is 0 Å². The molecule has 0 radical (unpaired) electrons. The highest BCUT2D eigenvalue weighted by molar-refractivity contribution is 5.90. The fourth-order valence-corrected chi connectivity index (χ4v) is 2.04. The summed E-state index contributed by atoms with van der Waals surface area (Å²) >= 11 is 0. The van der Waals surface area contributed by atoms with E-state index >= 15 is 0 Å². The average molecular weight is 345 g/mol. The van der Waals surface area contributed by atoms with E-state index in [0.717, 1.165) is 6.42 Å². The molecule has 0 saturated carbocycles. The number of carboxylic acid groups (broad SMARTS) is 1. The lowest BCUT2D eigenvalue weighted by Crippen LogP contribution is -2.16. The smallest absolute Gasteiger partial charge is 0.362 e. The maximum atomic E-state index is 10.9. The first kappa shape index (κ1) is 16.5. The second-order valence-electron chi connectivity index (χ2n) is 4.98. The first-order chi connectivity index (χ1) is 12.2. The first-order valence-electron chi connectivity index (χ1n) is 7.40. The van der Waals surface area contributed by atoms with Crippen LogP contribution in [0.4, 0.5) is 5.82 Å². The van der Waals surface area contributed by atoms with Crippen LogP contribution in [0.2, 0.25) is 0 Å². The highest BCUT2D eigenvalue weighted by Gasteiger charge is 2.17. The van der Waals surface area contributed by atoms with Crippen LogP contribution in [-0.4, -0.2) is 48.2 Å². The molecule has 3 rings (SSSR count). The van der Waals surface area contributed by atoms with Gasteiger partial charge in [0.2, 0.25) is 11.5 Å². The Hall–Kier alpha value is -3.34. The molecule has 0 fully saturated rings. The predicted molar refractivity (Wildman–Crippen MR) is 82.5 cm³/mol. The Morgan fingerprint density at radius 1 is 1.28 bits per heavy atom. The van der Waals surface area contributed by atoms with Gasteiger partial charge in [-0.15, -0.1) is 5.10 Å². The van der Waals surface area contributed by atoms with Crippen molar-refractivity contribution in [3.05, 3.63) is 47.4 Å². The van der Waals surface area contributed by atoms with Crippen LogP contribution in [0.3, 0.4) is 0 Å². The molecule has 11 nitrogen and oxygen atoms in total. The average Bonchev–Trinajstić information content (AvgIpc) is 3.27. The topological polar surface area (TPSA) is 141 Å². The zero-order valence-corrected chi connectivity index (χ0v) is 13.1. The molecule has 0 spiro atoms. The van der Waals surface area contributed by atoms with E-state index in [1.54, 1.807) is 0 Å². The number of hydrogen-bond acceptors (Lipinski definition) is 9. The minimum absolute atomic E-state index is 0.000976. The number of nitrogens with zero attached hydrogens (tertiary/aromatic N) is 6. The van der Waals surface area contributed by atoms with Crippen molar-refractivity contribution in [3.8, 4) is 0 Å². The van der Waals surface area contributed by atoms with E-state index in [-0.39, 0.29) is 24.8 Å². The normalized spacial score (nSPS) is 10.7. The predicted octanol–water partition coefficient (Wildman–Crippen LogP) is 0.583. The summed E-state index contributed by atoms with van der Waals surface area (Å²) in [5.41, 5.74) is 0.872. The lowest BCUT2D eigenvalue weighted by molar-refractivity contribution is 0.0685. The summed E-state index contributed by atoms with van der Waals surface area (Å²) in [5.74, 6) is -0.752. The number of carboxylic acids is 1. The molecule has 0 amide bonds. The van der Waals surface area contributed by atoms with Crippen molar-refractivity contribution in [2.24, 2.45) is 0 Å². The number of nitrogens with one attached hydrogen (secondary N) is 1. The molecule has 130 valence electrons. The van der Waals surface area contributed by atoms with Crippen LogP contribution in [0.1, 0.15) is 21.9 Å². The zero-order valence-electron chi connectivity index (χ0n) is 13.1. The van der Waals surface area contributed by atoms with Crippen LogP contribution in [0.5, 0.6) is 0 Å². The van der Waals surface area contributed by atoms with Crippen molar-refractivity contribution in [1.29, 1.82) is 0 Å². The number of tetrazole rings is 1. The molecular formula is C14H15N7O4. The molecule has 0 aliphatic heterocycles. The van der Waals surface area contributed by atoms with Crippen LogP contribution in [0, 0.1) is 0 Å². The third kappa shape index (κ3) is 4.35. The van der Waals surface area contributed by atoms with Gasteiger partial charge in [-0.2, -0.15) is 0 Å². The number of benzene rings is 1. The van der Waals surface area contributed by atoms with E-state index in [2.05, 4.69) is 35.8 Å². The number of carbonyl (C=O) groups is 1. The van der Waals surface area contributed by atoms with Crippen LogP contribution < -0.4 is 5.32 Å². The molecule has 11 heteroatoms. The Balaban J connectivity index is 1.49. The van der Waals surface area contributed by atoms with Gasteiger partial charge in [0.15, 0.2) is 5.82 Å². The fraction of sp³-hybridized carbons (Fsp3) is 0.286. The van der Waals surface area contributed by atoms with Crippen LogP contribution >= 0.6 is 0 Å². The van der Waals surface area contributed by atoms with Crippen molar-refractivity contribution in [2.75, 3.05) is 11.9 Å². The van der Waals surface area contributed by atoms with Gasteiger partial charge in [0, 0.05) is 0 Å². The van der Waals surface area contributed by atoms with Crippen LogP contribution in [0.15, 0.2) is 35.0 Å². The second kappa shape index (κ2) is 7.97. The molecule has 2 heterocycles. The fourth-order valence-electron chi connectivity index (χ4n) is 2.04. The summed E-state index contributed by atoms with van der Waals surface area (Å²) in [4.78, 5) is 10.9. The van der Waals surface area contributed by atoms with E-state index in [9.17, 15) is 4.79 Å². The molecule has 0 aliphatic carbocycles. The standard InChI is InChI=1S/C14H15N7O4/c22-14(23)12-13(18-25-17-12)15-9-21-11(16-19-20-21)8-24-7-6-10-4-2-1-3-5-10/h1-5H,6-9H2,(H,15,18)(H,22,23). The minimum atomic E-state index is -1.25. The second-order valence-corrected chi connectivity index (χ2v) is 4.98. The molecule has 2 N–H and O–H groups in total. The van der Waals surface area contributed by atoms with Crippen molar-refractivity contribution in [1.82, 2.24) is 30.5 Å². The maximum absolute atomic E-state index is 10.9. The van der Waals surface area contributed by atoms with E-state index in [1.165, 1.54) is 10.2 Å². The Morgan fingerprint density at radius 2 is 2.12 bits per heavy atom. The van der Waals surface area contributed by atoms with Gasteiger partial charge in [0.25, 0.3) is 0 Å². The van der Waals surface area contributed by atoms with E-state index < -0.39 is 5.97 Å². The molecule has 3 aromatic rings. The minimum Gasteiger partial charge on any atom is -0.476 e. The van der Waals surface area contributed by atoms with Gasteiger partial charge in [-0.1, -0.05) is 30.3 Å². The van der Waals surface area contributed by atoms with Gasteiger partial charge in [-0.3, -0.25) is 0 Å². The summed E-state index contributed by atoms with van der Waals surface area (Å²) < 4.78 is 11.4. The van der Waals surface area contributed by atoms with Crippen molar-refractivity contribution < 1.29 is 19.3 Å². The van der Waals surface area contributed by atoms with E-state index in [1.807, 2.05) is 30.3 Å². The van der Waals surface area contributed by atoms with Gasteiger partial charge in [-0.25, -0.2) is 14.1 Å². The SMILES string of the molecule is O=C(O)c1nonc1NCn1nnnc1COCCc1ccccc1. The van der Waals surface area contributed by atoms with Gasteiger partial charge in [0.1, 0.15) is 13.3 Å². The number of hydrogen-bond donors (Lipinski definition) is 2. The summed E-state index contributed by atoms with van der Waals surface area (Å²) in [6, 6.07) is 9.98. The summed E-state index contributed by atoms with van der Waals surface area (Å²) in [5, 5.41) is 29.7. The highest BCUT2D eigenvalue weighted by Crippen LogP contribution is 2.09. The Labute approximate surface area is 141 Å². The maximum Gasteiger partial charge on any atom is 0.362 e. The van der Waals surface area contributed by atoms with E-state index in [0.29, 0.717) is 12.4 Å². The Bertz CT molecular complexity index is 817. The number of anilines is 1. The number of rotatable bonds is 9. The zero-order chi connectivity index (χ0) is 17.5. The van der Waals surface area contributed by atoms with Gasteiger partial charge >= 0.3 is 5.97 Å². The third-order valence-corrected chi connectivity index (χ3v) is 3.30. The highest BCUT2D eigenvalue weighted by atomic mass is 16.6. The van der Waals surface area contributed by atoms with Crippen LogP contribution in [-0.2, 0) is 24.4 Å². The number of aromatic carboxylic acids is 1.